The maximum absolute atomic E-state index is 6.95. The number of benzene rings is 2. The van der Waals surface area contributed by atoms with E-state index in [1.807, 2.05) is 0 Å². The van der Waals surface area contributed by atoms with Crippen LogP contribution >= 0.6 is 47.2 Å². The molecule has 0 saturated heterocycles. The normalized spacial score (nSPS) is 10.3. The molecule has 0 bridgehead atoms. The van der Waals surface area contributed by atoms with Crippen molar-refractivity contribution in [1.29, 1.82) is 5.41 Å². The molecular formula is C15H14Cl4N4O. The van der Waals surface area contributed by atoms with Crippen LogP contribution < -0.4 is 10.6 Å². The zero-order chi connectivity index (χ0) is 16.8. The Kier molecular flexibility index (Phi) is 8.31. The van der Waals surface area contributed by atoms with Crippen LogP contribution in [0.1, 0.15) is 11.1 Å². The third kappa shape index (κ3) is 5.54. The molecule has 0 aliphatic rings. The minimum atomic E-state index is 0. The van der Waals surface area contributed by atoms with Crippen LogP contribution in [0.4, 0.5) is 0 Å². The molecule has 2 aromatic carbocycles. The second kappa shape index (κ2) is 9.71. The van der Waals surface area contributed by atoms with Crippen LogP contribution in [-0.2, 0) is 6.61 Å². The predicted molar refractivity (Wildman–Crippen MR) is 102 cm³/mol. The second-order valence-corrected chi connectivity index (χ2v) is 5.66. The maximum atomic E-state index is 6.95. The van der Waals surface area contributed by atoms with Crippen LogP contribution in [-0.4, -0.2) is 17.7 Å². The Bertz CT molecular complexity index is 739. The van der Waals surface area contributed by atoms with E-state index in [0.29, 0.717) is 26.4 Å². The van der Waals surface area contributed by atoms with Gasteiger partial charge < -0.3 is 4.74 Å². The van der Waals surface area contributed by atoms with Gasteiger partial charge in [0.2, 0.25) is 0 Å². The van der Waals surface area contributed by atoms with E-state index in [9.17, 15) is 0 Å². The van der Waals surface area contributed by atoms with Gasteiger partial charge in [0.05, 0.1) is 11.2 Å². The first-order chi connectivity index (χ1) is 11.0. The first-order valence-electron chi connectivity index (χ1n) is 6.45. The van der Waals surface area contributed by atoms with Crippen molar-refractivity contribution >= 4 is 59.8 Å². The summed E-state index contributed by atoms with van der Waals surface area (Å²) in [4.78, 5) is 0. The number of halogens is 4. The van der Waals surface area contributed by atoms with E-state index in [4.69, 9.17) is 50.8 Å². The van der Waals surface area contributed by atoms with Gasteiger partial charge in [-0.15, -0.1) is 12.4 Å². The molecule has 0 aliphatic carbocycles. The van der Waals surface area contributed by atoms with Crippen LogP contribution in [0.15, 0.2) is 41.5 Å². The van der Waals surface area contributed by atoms with E-state index in [1.54, 1.807) is 36.4 Å². The summed E-state index contributed by atoms with van der Waals surface area (Å²) in [6, 6.07) is 10.5. The molecule has 0 spiro atoms. The summed E-state index contributed by atoms with van der Waals surface area (Å²) in [6.07, 6.45) is 2.31. The van der Waals surface area contributed by atoms with Crippen molar-refractivity contribution in [3.63, 3.8) is 0 Å². The molecule has 0 heterocycles. The summed E-state index contributed by atoms with van der Waals surface area (Å²) in [7, 11) is 0. The first kappa shape index (κ1) is 20.5. The number of hydrazone groups is 1. The number of hydrogen-bond acceptors (Lipinski definition) is 4. The van der Waals surface area contributed by atoms with Gasteiger partial charge in [0.15, 0.2) is 0 Å². The average molecular weight is 408 g/mol. The molecule has 0 saturated carbocycles. The number of rotatable bonds is 6. The van der Waals surface area contributed by atoms with Gasteiger partial charge in [-0.25, -0.2) is 5.84 Å². The van der Waals surface area contributed by atoms with Crippen molar-refractivity contribution in [3.05, 3.63) is 62.6 Å². The number of nitrogens with one attached hydrogen (secondary N) is 1. The largest absolute Gasteiger partial charge is 0.487 e. The molecule has 0 aliphatic heterocycles. The summed E-state index contributed by atoms with van der Waals surface area (Å²) in [5.74, 6) is 5.85. The Hall–Kier alpha value is -1.50. The van der Waals surface area contributed by atoms with Crippen molar-refractivity contribution in [1.82, 2.24) is 5.12 Å². The predicted octanol–water partition coefficient (Wildman–Crippen LogP) is 4.76. The Labute approximate surface area is 160 Å². The number of hydrogen-bond donors (Lipinski definition) is 2. The van der Waals surface area contributed by atoms with Crippen LogP contribution in [0.2, 0.25) is 15.1 Å². The molecule has 0 fully saturated rings. The van der Waals surface area contributed by atoms with Crippen LogP contribution in [0, 0.1) is 5.41 Å². The standard InChI is InChI=1S/C15H13Cl3N4O.ClH/c16-12-5-4-11(13(17)6-12)8-23-14-3-1-2-10(15(14)18)7-21-22(20)9-19;/h1-7,9,19H,8,20H2;1H/b19-9?,21-7+;. The van der Waals surface area contributed by atoms with E-state index in [1.165, 1.54) is 6.21 Å². The van der Waals surface area contributed by atoms with E-state index >= 15 is 0 Å². The third-order valence-electron chi connectivity index (χ3n) is 2.85. The molecule has 0 aromatic heterocycles. The van der Waals surface area contributed by atoms with Crippen LogP contribution in [0.3, 0.4) is 0 Å². The van der Waals surface area contributed by atoms with Gasteiger partial charge in [0.25, 0.3) is 0 Å². The molecular weight excluding hydrogens is 394 g/mol. The Morgan fingerprint density at radius 2 is 1.96 bits per heavy atom. The van der Waals surface area contributed by atoms with Crippen molar-refractivity contribution < 1.29 is 4.74 Å². The van der Waals surface area contributed by atoms with Crippen molar-refractivity contribution in [2.75, 3.05) is 0 Å². The molecule has 128 valence electrons. The van der Waals surface area contributed by atoms with E-state index < -0.39 is 0 Å². The van der Waals surface area contributed by atoms with Gasteiger partial charge in [0.1, 0.15) is 18.7 Å². The summed E-state index contributed by atoms with van der Waals surface area (Å²) in [5.41, 5.74) is 1.41. The van der Waals surface area contributed by atoms with Gasteiger partial charge in [-0.1, -0.05) is 53.0 Å². The molecule has 9 heteroatoms. The van der Waals surface area contributed by atoms with E-state index in [0.717, 1.165) is 17.0 Å². The summed E-state index contributed by atoms with van der Waals surface area (Å²) < 4.78 is 5.71. The minimum absolute atomic E-state index is 0. The average Bonchev–Trinajstić information content (AvgIpc) is 2.53. The van der Waals surface area contributed by atoms with Crippen molar-refractivity contribution in [3.8, 4) is 5.75 Å². The van der Waals surface area contributed by atoms with E-state index in [-0.39, 0.29) is 19.0 Å². The highest BCUT2D eigenvalue weighted by Gasteiger charge is 2.08. The fraction of sp³-hybridized carbons (Fsp3) is 0.0667. The number of hydrazine groups is 1. The molecule has 0 unspecified atom stereocenters. The molecule has 5 nitrogen and oxygen atoms in total. The van der Waals surface area contributed by atoms with Gasteiger partial charge in [-0.3, -0.25) is 5.41 Å². The molecule has 24 heavy (non-hydrogen) atoms. The number of nitrogens with zero attached hydrogens (tertiary/aromatic N) is 2. The number of ether oxygens (including phenoxy) is 1. The second-order valence-electron chi connectivity index (χ2n) is 4.44. The monoisotopic (exact) mass is 406 g/mol. The fourth-order valence-corrected chi connectivity index (χ4v) is 2.39. The van der Waals surface area contributed by atoms with Crippen LogP contribution in [0.5, 0.6) is 5.75 Å². The van der Waals surface area contributed by atoms with Crippen molar-refractivity contribution in [2.45, 2.75) is 6.61 Å². The van der Waals surface area contributed by atoms with Gasteiger partial charge in [0, 0.05) is 21.2 Å². The lowest BCUT2D eigenvalue weighted by Crippen LogP contribution is -2.22. The molecule has 2 rings (SSSR count). The van der Waals surface area contributed by atoms with E-state index in [2.05, 4.69) is 5.10 Å². The lowest BCUT2D eigenvalue weighted by atomic mass is 10.2. The van der Waals surface area contributed by atoms with Gasteiger partial charge >= 0.3 is 0 Å². The fourth-order valence-electron chi connectivity index (χ4n) is 1.70. The van der Waals surface area contributed by atoms with Gasteiger partial charge in [-0.05, 0) is 18.2 Å². The highest BCUT2D eigenvalue weighted by atomic mass is 35.5. The van der Waals surface area contributed by atoms with Crippen LogP contribution in [0.25, 0.3) is 0 Å². The Morgan fingerprint density at radius 1 is 1.21 bits per heavy atom. The highest BCUT2D eigenvalue weighted by Crippen LogP contribution is 2.29. The lowest BCUT2D eigenvalue weighted by molar-refractivity contribution is 0.306. The zero-order valence-electron chi connectivity index (χ0n) is 12.2. The molecule has 2 aromatic rings. The quantitative estimate of drug-likeness (QED) is 0.313. The molecule has 3 N–H and O–H groups in total. The number of nitrogens with two attached hydrogens (primary N) is 1. The molecule has 0 atom stereocenters. The minimum Gasteiger partial charge on any atom is -0.487 e. The topological polar surface area (TPSA) is 74.7 Å². The van der Waals surface area contributed by atoms with Gasteiger partial charge in [-0.2, -0.15) is 10.2 Å². The molecule has 0 amide bonds. The van der Waals surface area contributed by atoms with Crippen molar-refractivity contribution in [2.24, 2.45) is 10.9 Å². The molecule has 0 radical (unpaired) electrons. The highest BCUT2D eigenvalue weighted by molar-refractivity contribution is 6.35. The summed E-state index contributed by atoms with van der Waals surface area (Å²) in [6.45, 7) is 0.250. The SMILES string of the molecule is Cl.N=CN(N)/N=C/c1cccc(OCc2ccc(Cl)cc2Cl)c1Cl. The summed E-state index contributed by atoms with van der Waals surface area (Å²) in [5, 5.41) is 13.1. The smallest absolute Gasteiger partial charge is 0.139 e. The summed E-state index contributed by atoms with van der Waals surface area (Å²) >= 11 is 18.2. The zero-order valence-corrected chi connectivity index (χ0v) is 15.3. The Balaban J connectivity index is 0.00000288. The first-order valence-corrected chi connectivity index (χ1v) is 7.58. The maximum Gasteiger partial charge on any atom is 0.139 e. The third-order valence-corrected chi connectivity index (χ3v) is 3.85. The Morgan fingerprint density at radius 3 is 2.62 bits per heavy atom. The lowest BCUT2D eigenvalue weighted by Gasteiger charge is -2.11.